The Morgan fingerprint density at radius 1 is 0.730 bits per heavy atom. The van der Waals surface area contributed by atoms with Crippen molar-refractivity contribution in [3.05, 3.63) is 167 Å². The summed E-state index contributed by atoms with van der Waals surface area (Å²) in [5.74, 6) is -0.292. The third-order valence-corrected chi connectivity index (χ3v) is 12.0. The molecular weight excluding hydrogens is 839 g/mol. The molecule has 0 unspecified atom stereocenters. The summed E-state index contributed by atoms with van der Waals surface area (Å²) in [5.41, 5.74) is 7.03. The molecule has 2 atom stereocenters. The minimum absolute atomic E-state index is 0.0469. The van der Waals surface area contributed by atoms with E-state index in [-0.39, 0.29) is 31.3 Å². The van der Waals surface area contributed by atoms with Crippen molar-refractivity contribution in [2.75, 3.05) is 25.6 Å². The lowest BCUT2D eigenvalue weighted by Gasteiger charge is -2.24. The summed E-state index contributed by atoms with van der Waals surface area (Å²) in [6, 6.07) is 38.3. The van der Waals surface area contributed by atoms with E-state index < -0.39 is 19.3 Å². The molecule has 2 saturated heterocycles. The molecule has 2 fully saturated rings. The van der Waals surface area contributed by atoms with Gasteiger partial charge >= 0.3 is 12.2 Å². The lowest BCUT2D eigenvalue weighted by molar-refractivity contribution is -0.120. The predicted octanol–water partition coefficient (Wildman–Crippen LogP) is 11.6. The SMILES string of the molecule is O=C(Nc1c(Cl)cncc1-c1ccccc1)[C@@H]1CCCN1C(=O)OCc1ccccc1.O=C(OCc1ccccc1)N1CCC[C@H]1c1nc2c(-c3ccccc3)cncc2s1.[2H]CF. The number of aromatic nitrogens is 3. The molecule has 3 aromatic heterocycles. The van der Waals surface area contributed by atoms with Gasteiger partial charge < -0.3 is 14.8 Å². The third-order valence-electron chi connectivity index (χ3n) is 10.6. The second kappa shape index (κ2) is 21.9. The normalized spacial score (nSPS) is 15.6. The van der Waals surface area contributed by atoms with Crippen LogP contribution in [0.15, 0.2) is 146 Å². The van der Waals surface area contributed by atoms with Gasteiger partial charge in [0.05, 0.1) is 35.5 Å². The van der Waals surface area contributed by atoms with Crippen molar-refractivity contribution in [1.82, 2.24) is 24.8 Å². The first-order valence-corrected chi connectivity index (χ1v) is 21.6. The highest BCUT2D eigenvalue weighted by atomic mass is 35.5. The summed E-state index contributed by atoms with van der Waals surface area (Å²) in [7, 11) is -1.00. The number of benzene rings is 4. The van der Waals surface area contributed by atoms with Crippen LogP contribution in [0, 0.1) is 0 Å². The Kier molecular flexibility index (Phi) is 14.9. The number of carbonyl (C=O) groups excluding carboxylic acids is 3. The zero-order chi connectivity index (χ0) is 44.7. The van der Waals surface area contributed by atoms with Crippen molar-refractivity contribution < 1.29 is 29.6 Å². The van der Waals surface area contributed by atoms with E-state index in [4.69, 9.17) is 27.4 Å². The van der Waals surface area contributed by atoms with Gasteiger partial charge in [0, 0.05) is 49.0 Å². The number of likely N-dealkylation sites (tertiary alicyclic amines) is 2. The average Bonchev–Trinajstić information content (AvgIpc) is 4.13. The highest BCUT2D eigenvalue weighted by Gasteiger charge is 2.36. The van der Waals surface area contributed by atoms with E-state index in [0.29, 0.717) is 30.2 Å². The van der Waals surface area contributed by atoms with Crippen molar-refractivity contribution in [2.45, 2.75) is 51.0 Å². The van der Waals surface area contributed by atoms with Crippen LogP contribution in [0.3, 0.4) is 0 Å². The fraction of sp³-hybridized carbons (Fsp3) is 0.224. The molecule has 0 saturated carbocycles. The Morgan fingerprint density at radius 3 is 1.86 bits per heavy atom. The second-order valence-corrected chi connectivity index (χ2v) is 16.1. The first-order valence-electron chi connectivity index (χ1n) is 21.1. The van der Waals surface area contributed by atoms with Gasteiger partial charge in [0.25, 0.3) is 0 Å². The summed E-state index contributed by atoms with van der Waals surface area (Å²) in [6.45, 7) is 1.61. The minimum Gasteiger partial charge on any atom is -0.445 e. The Hall–Kier alpha value is -6.70. The number of carbonyl (C=O) groups is 3. The van der Waals surface area contributed by atoms with Crippen molar-refractivity contribution in [1.29, 1.82) is 0 Å². The van der Waals surface area contributed by atoms with Crippen LogP contribution in [0.2, 0.25) is 5.02 Å². The average molecular weight is 886 g/mol. The molecule has 322 valence electrons. The number of amides is 3. The van der Waals surface area contributed by atoms with Gasteiger partial charge in [-0.2, -0.15) is 0 Å². The van der Waals surface area contributed by atoms with Crippen LogP contribution < -0.4 is 5.32 Å². The highest BCUT2D eigenvalue weighted by Crippen LogP contribution is 2.39. The van der Waals surface area contributed by atoms with E-state index >= 15 is 0 Å². The number of halogens is 2. The van der Waals surface area contributed by atoms with E-state index in [1.165, 1.54) is 11.1 Å². The molecule has 1 N–H and O–H groups in total. The molecule has 0 aliphatic carbocycles. The zero-order valence-corrected chi connectivity index (χ0v) is 35.9. The molecule has 0 radical (unpaired) electrons. The quantitative estimate of drug-likeness (QED) is 0.152. The molecule has 0 spiro atoms. The topological polar surface area (TPSA) is 127 Å². The van der Waals surface area contributed by atoms with Crippen LogP contribution >= 0.6 is 22.9 Å². The number of rotatable bonds is 9. The second-order valence-electron chi connectivity index (χ2n) is 14.6. The number of ether oxygens (including phenoxy) is 2. The van der Waals surface area contributed by atoms with Crippen molar-refractivity contribution in [3.63, 3.8) is 0 Å². The van der Waals surface area contributed by atoms with Gasteiger partial charge in [-0.15, -0.1) is 11.3 Å². The molecule has 3 amide bonds. The summed E-state index contributed by atoms with van der Waals surface area (Å²) in [4.78, 5) is 55.3. The Bertz CT molecular complexity index is 2620. The lowest BCUT2D eigenvalue weighted by atomic mass is 10.1. The molecular formula is C49H46ClFN6O5S. The van der Waals surface area contributed by atoms with Gasteiger partial charge in [-0.05, 0) is 47.9 Å². The zero-order valence-electron chi connectivity index (χ0n) is 35.3. The van der Waals surface area contributed by atoms with E-state index in [1.807, 2.05) is 126 Å². The molecule has 7 aromatic rings. The molecule has 63 heavy (non-hydrogen) atoms. The van der Waals surface area contributed by atoms with Crippen molar-refractivity contribution in [2.24, 2.45) is 0 Å². The number of thiazole rings is 1. The fourth-order valence-corrected chi connectivity index (χ4v) is 8.87. The monoisotopic (exact) mass is 885 g/mol. The van der Waals surface area contributed by atoms with Gasteiger partial charge in [-0.25, -0.2) is 14.6 Å². The molecule has 5 heterocycles. The largest absolute Gasteiger partial charge is 0.445 e. The smallest absolute Gasteiger partial charge is 0.410 e. The number of nitrogens with zero attached hydrogens (tertiary/aromatic N) is 5. The molecule has 14 heteroatoms. The first kappa shape index (κ1) is 43.0. The van der Waals surface area contributed by atoms with E-state index in [0.717, 1.165) is 67.9 Å². The maximum Gasteiger partial charge on any atom is 0.410 e. The molecule has 4 aromatic carbocycles. The number of fused-ring (bicyclic) bond motifs is 1. The Balaban J connectivity index is 0.000000181. The molecule has 9 rings (SSSR count). The highest BCUT2D eigenvalue weighted by molar-refractivity contribution is 7.18. The minimum atomic E-state index is -1.00. The van der Waals surface area contributed by atoms with E-state index in [2.05, 4.69) is 27.4 Å². The Labute approximate surface area is 375 Å². The number of hydrogen-bond donors (Lipinski definition) is 1. The van der Waals surface area contributed by atoms with Gasteiger partial charge in [0.1, 0.15) is 24.3 Å². The van der Waals surface area contributed by atoms with Gasteiger partial charge in [0.15, 0.2) is 0 Å². The number of pyridine rings is 2. The van der Waals surface area contributed by atoms with Crippen LogP contribution in [-0.4, -0.2) is 69.1 Å². The number of hydrogen-bond acceptors (Lipinski definition) is 9. The molecule has 2 aliphatic heterocycles. The number of nitrogens with one attached hydrogen (secondary N) is 1. The number of anilines is 1. The van der Waals surface area contributed by atoms with Crippen LogP contribution in [0.5, 0.6) is 0 Å². The van der Waals surface area contributed by atoms with Crippen LogP contribution in [-0.2, 0) is 27.5 Å². The maximum atomic E-state index is 13.1. The maximum absolute atomic E-state index is 13.1. The van der Waals surface area contributed by atoms with Crippen LogP contribution in [0.1, 0.15) is 49.2 Å². The van der Waals surface area contributed by atoms with Gasteiger partial charge in [-0.3, -0.25) is 29.0 Å². The molecule has 0 bridgehead atoms. The summed E-state index contributed by atoms with van der Waals surface area (Å²) in [6.07, 6.45) is 9.25. The number of alkyl halides is 1. The van der Waals surface area contributed by atoms with Crippen molar-refractivity contribution >= 4 is 56.9 Å². The van der Waals surface area contributed by atoms with Crippen LogP contribution in [0.25, 0.3) is 32.5 Å². The molecule has 2 aliphatic rings. The third kappa shape index (κ3) is 11.0. The Morgan fingerprint density at radius 2 is 1.24 bits per heavy atom. The fourth-order valence-electron chi connectivity index (χ4n) is 7.55. The van der Waals surface area contributed by atoms with E-state index in [1.54, 1.807) is 17.5 Å². The van der Waals surface area contributed by atoms with Crippen molar-refractivity contribution in [3.8, 4) is 22.3 Å². The molecule has 11 nitrogen and oxygen atoms in total. The first-order chi connectivity index (χ1) is 31.3. The standard InChI is InChI=1S/C24H22ClN3O3.C24H21N3O2S.CH3F/c25-20-15-26-14-19(18-10-5-2-6-11-18)22(20)27-23(29)21-12-7-13-28(21)24(30)31-16-17-8-3-1-4-9-17;28-24(29-16-17-8-3-1-4-9-17)27-13-7-12-20(27)23-26-22-19(14-25-15-21(22)30-23)18-10-5-2-6-11-18;1-2/h1-6,8-11,14-15,21H,7,12-13,16H2,(H,26,27,29);1-6,8-11,14-15,20H,7,12-13,16H2;1H3/t21-;20-;/m00./s1/i;;1D. The summed E-state index contributed by atoms with van der Waals surface area (Å²) in [5, 5.41) is 4.20. The summed E-state index contributed by atoms with van der Waals surface area (Å²) >= 11 is 7.98. The van der Waals surface area contributed by atoms with E-state index in [9.17, 15) is 18.8 Å². The summed E-state index contributed by atoms with van der Waals surface area (Å²) < 4.78 is 27.6. The van der Waals surface area contributed by atoms with Crippen LogP contribution in [0.4, 0.5) is 19.7 Å². The lowest BCUT2D eigenvalue weighted by Crippen LogP contribution is -2.43. The predicted molar refractivity (Wildman–Crippen MR) is 245 cm³/mol. The van der Waals surface area contributed by atoms with Gasteiger partial charge in [0.2, 0.25) is 5.91 Å². The van der Waals surface area contributed by atoms with Gasteiger partial charge in [-0.1, -0.05) is 133 Å².